The number of amides is 1. The SMILES string of the molecule is CCN(C(=O)c1cncc(NCCc2ccccc2F)c1)c1ccccc1. The second-order valence-electron chi connectivity index (χ2n) is 6.12. The van der Waals surface area contributed by atoms with Gasteiger partial charge in [-0.1, -0.05) is 36.4 Å². The molecule has 3 aromatic rings. The van der Waals surface area contributed by atoms with Crippen LogP contribution in [0.5, 0.6) is 0 Å². The van der Waals surface area contributed by atoms with Gasteiger partial charge >= 0.3 is 0 Å². The van der Waals surface area contributed by atoms with E-state index < -0.39 is 0 Å². The summed E-state index contributed by atoms with van der Waals surface area (Å²) in [5.41, 5.74) is 2.76. The summed E-state index contributed by atoms with van der Waals surface area (Å²) in [6, 6.07) is 18.1. The Morgan fingerprint density at radius 1 is 1.07 bits per heavy atom. The predicted molar refractivity (Wildman–Crippen MR) is 107 cm³/mol. The topological polar surface area (TPSA) is 45.2 Å². The van der Waals surface area contributed by atoms with Crippen LogP contribution in [0.4, 0.5) is 15.8 Å². The number of pyridine rings is 1. The maximum atomic E-state index is 13.7. The minimum atomic E-state index is -0.206. The summed E-state index contributed by atoms with van der Waals surface area (Å²) < 4.78 is 13.7. The van der Waals surface area contributed by atoms with E-state index in [0.717, 1.165) is 11.4 Å². The Bertz CT molecular complexity index is 899. The van der Waals surface area contributed by atoms with Crippen molar-refractivity contribution < 1.29 is 9.18 Å². The Kier molecular flexibility index (Phi) is 6.15. The Morgan fingerprint density at radius 3 is 2.56 bits per heavy atom. The summed E-state index contributed by atoms with van der Waals surface area (Å²) in [6.07, 6.45) is 3.78. The molecule has 0 saturated carbocycles. The minimum Gasteiger partial charge on any atom is -0.383 e. The lowest BCUT2D eigenvalue weighted by molar-refractivity contribution is 0.0988. The Hall–Kier alpha value is -3.21. The molecule has 1 aromatic heterocycles. The van der Waals surface area contributed by atoms with Gasteiger partial charge in [0, 0.05) is 31.2 Å². The summed E-state index contributed by atoms with van der Waals surface area (Å²) in [4.78, 5) is 18.8. The van der Waals surface area contributed by atoms with Crippen LogP contribution >= 0.6 is 0 Å². The molecule has 0 aliphatic heterocycles. The molecule has 0 unspecified atom stereocenters. The molecule has 0 aliphatic rings. The number of carbonyl (C=O) groups is 1. The van der Waals surface area contributed by atoms with E-state index in [1.165, 1.54) is 6.07 Å². The van der Waals surface area contributed by atoms with Crippen molar-refractivity contribution in [3.63, 3.8) is 0 Å². The number of halogens is 1. The third-order valence-corrected chi connectivity index (χ3v) is 4.30. The summed E-state index contributed by atoms with van der Waals surface area (Å²) in [5.74, 6) is -0.309. The van der Waals surface area contributed by atoms with Crippen LogP contribution in [-0.4, -0.2) is 24.0 Å². The van der Waals surface area contributed by atoms with Gasteiger partial charge in [0.15, 0.2) is 0 Å². The minimum absolute atomic E-state index is 0.103. The maximum Gasteiger partial charge on any atom is 0.259 e. The van der Waals surface area contributed by atoms with Crippen molar-refractivity contribution in [2.75, 3.05) is 23.3 Å². The number of carbonyl (C=O) groups excluding carboxylic acids is 1. The van der Waals surface area contributed by atoms with Gasteiger partial charge in [0.05, 0.1) is 11.3 Å². The van der Waals surface area contributed by atoms with Crippen molar-refractivity contribution in [3.8, 4) is 0 Å². The second kappa shape index (κ2) is 8.94. The van der Waals surface area contributed by atoms with Gasteiger partial charge in [0.2, 0.25) is 0 Å². The van der Waals surface area contributed by atoms with Crippen molar-refractivity contribution in [3.05, 3.63) is 90.0 Å². The van der Waals surface area contributed by atoms with E-state index in [4.69, 9.17) is 0 Å². The van der Waals surface area contributed by atoms with Gasteiger partial charge in [-0.25, -0.2) is 4.39 Å². The van der Waals surface area contributed by atoms with Gasteiger partial charge in [-0.15, -0.1) is 0 Å². The largest absolute Gasteiger partial charge is 0.383 e. The summed E-state index contributed by atoms with van der Waals surface area (Å²) in [5, 5.41) is 3.21. The molecule has 1 heterocycles. The number of benzene rings is 2. The van der Waals surface area contributed by atoms with Gasteiger partial charge in [0.25, 0.3) is 5.91 Å². The predicted octanol–water partition coefficient (Wildman–Crippen LogP) is 4.54. The highest BCUT2D eigenvalue weighted by atomic mass is 19.1. The van der Waals surface area contributed by atoms with E-state index in [0.29, 0.717) is 30.6 Å². The zero-order valence-electron chi connectivity index (χ0n) is 15.2. The lowest BCUT2D eigenvalue weighted by Crippen LogP contribution is -2.30. The van der Waals surface area contributed by atoms with Gasteiger partial charge in [-0.05, 0) is 43.2 Å². The zero-order chi connectivity index (χ0) is 19.1. The first kappa shape index (κ1) is 18.6. The second-order valence-corrected chi connectivity index (χ2v) is 6.12. The van der Waals surface area contributed by atoms with Crippen LogP contribution in [0.2, 0.25) is 0 Å². The van der Waals surface area contributed by atoms with E-state index >= 15 is 0 Å². The van der Waals surface area contributed by atoms with Crippen molar-refractivity contribution in [1.82, 2.24) is 4.98 Å². The van der Waals surface area contributed by atoms with E-state index in [-0.39, 0.29) is 11.7 Å². The molecular weight excluding hydrogens is 341 g/mol. The van der Waals surface area contributed by atoms with E-state index in [9.17, 15) is 9.18 Å². The smallest absolute Gasteiger partial charge is 0.259 e. The zero-order valence-corrected chi connectivity index (χ0v) is 15.2. The van der Waals surface area contributed by atoms with E-state index in [1.54, 1.807) is 35.5 Å². The molecule has 5 heteroatoms. The Balaban J connectivity index is 1.67. The quantitative estimate of drug-likeness (QED) is 0.670. The molecule has 0 radical (unpaired) electrons. The molecule has 27 heavy (non-hydrogen) atoms. The van der Waals surface area contributed by atoms with Crippen LogP contribution < -0.4 is 10.2 Å². The number of hydrogen-bond acceptors (Lipinski definition) is 3. The molecule has 0 saturated heterocycles. The Labute approximate surface area is 158 Å². The maximum absolute atomic E-state index is 13.7. The van der Waals surface area contributed by atoms with Crippen LogP contribution in [-0.2, 0) is 6.42 Å². The average Bonchev–Trinajstić information content (AvgIpc) is 2.71. The van der Waals surface area contributed by atoms with Crippen molar-refractivity contribution >= 4 is 17.3 Å². The molecule has 0 fully saturated rings. The van der Waals surface area contributed by atoms with Crippen LogP contribution in [0, 0.1) is 5.82 Å². The number of nitrogens with zero attached hydrogens (tertiary/aromatic N) is 2. The lowest BCUT2D eigenvalue weighted by atomic mass is 10.1. The fourth-order valence-electron chi connectivity index (χ4n) is 2.90. The average molecular weight is 363 g/mol. The van der Waals surface area contributed by atoms with E-state index in [1.807, 2.05) is 43.3 Å². The number of anilines is 2. The first-order valence-electron chi connectivity index (χ1n) is 8.98. The van der Waals surface area contributed by atoms with Crippen LogP contribution in [0.15, 0.2) is 73.1 Å². The van der Waals surface area contributed by atoms with Gasteiger partial charge in [0.1, 0.15) is 5.82 Å². The van der Waals surface area contributed by atoms with Crippen molar-refractivity contribution in [2.45, 2.75) is 13.3 Å². The van der Waals surface area contributed by atoms with E-state index in [2.05, 4.69) is 10.3 Å². The van der Waals surface area contributed by atoms with Crippen molar-refractivity contribution in [1.29, 1.82) is 0 Å². The fourth-order valence-corrected chi connectivity index (χ4v) is 2.90. The summed E-state index contributed by atoms with van der Waals surface area (Å²) >= 11 is 0. The molecule has 1 amide bonds. The number of nitrogens with one attached hydrogen (secondary N) is 1. The molecule has 0 atom stereocenters. The molecule has 138 valence electrons. The van der Waals surface area contributed by atoms with Gasteiger partial charge in [-0.3, -0.25) is 9.78 Å². The molecule has 0 aliphatic carbocycles. The highest BCUT2D eigenvalue weighted by molar-refractivity contribution is 6.06. The molecule has 4 nitrogen and oxygen atoms in total. The number of hydrogen-bond donors (Lipinski definition) is 1. The Morgan fingerprint density at radius 2 is 1.81 bits per heavy atom. The number of para-hydroxylation sites is 1. The third kappa shape index (κ3) is 4.70. The first-order chi connectivity index (χ1) is 13.2. The summed E-state index contributed by atoms with van der Waals surface area (Å²) in [7, 11) is 0. The molecule has 2 aromatic carbocycles. The van der Waals surface area contributed by atoms with Gasteiger partial charge in [-0.2, -0.15) is 0 Å². The van der Waals surface area contributed by atoms with Crippen LogP contribution in [0.3, 0.4) is 0 Å². The highest BCUT2D eigenvalue weighted by Crippen LogP contribution is 2.18. The highest BCUT2D eigenvalue weighted by Gasteiger charge is 2.16. The number of rotatable bonds is 7. The molecular formula is C22H22FN3O. The standard InChI is InChI=1S/C22H22FN3O/c1-2-26(20-9-4-3-5-10-20)22(27)18-14-19(16-24-15-18)25-13-12-17-8-6-7-11-21(17)23/h3-11,14-16,25H,2,12-13H2,1H3. The molecule has 0 spiro atoms. The fraction of sp³-hybridized carbons (Fsp3) is 0.182. The van der Waals surface area contributed by atoms with Crippen LogP contribution in [0.1, 0.15) is 22.8 Å². The van der Waals surface area contributed by atoms with Crippen molar-refractivity contribution in [2.24, 2.45) is 0 Å². The van der Waals surface area contributed by atoms with Crippen LogP contribution in [0.25, 0.3) is 0 Å². The molecule has 1 N–H and O–H groups in total. The summed E-state index contributed by atoms with van der Waals surface area (Å²) in [6.45, 7) is 3.05. The third-order valence-electron chi connectivity index (χ3n) is 4.30. The molecule has 3 rings (SSSR count). The monoisotopic (exact) mass is 363 g/mol. The normalized spacial score (nSPS) is 10.4. The van der Waals surface area contributed by atoms with Gasteiger partial charge < -0.3 is 10.2 Å². The lowest BCUT2D eigenvalue weighted by Gasteiger charge is -2.21. The number of aromatic nitrogens is 1. The first-order valence-corrected chi connectivity index (χ1v) is 8.98. The molecule has 0 bridgehead atoms.